The molecule has 2 aliphatic rings. The summed E-state index contributed by atoms with van der Waals surface area (Å²) in [6.45, 7) is -0.892. The van der Waals surface area contributed by atoms with E-state index in [1.54, 1.807) is 12.1 Å². The van der Waals surface area contributed by atoms with Crippen LogP contribution in [-0.2, 0) is 16.1 Å². The lowest BCUT2D eigenvalue weighted by atomic mass is 9.80. The quantitative estimate of drug-likeness (QED) is 0.390. The monoisotopic (exact) mass is 402 g/mol. The van der Waals surface area contributed by atoms with E-state index in [0.717, 1.165) is 24.5 Å². The third-order valence-corrected chi connectivity index (χ3v) is 5.23. The predicted molar refractivity (Wildman–Crippen MR) is 97.0 cm³/mol. The molecule has 0 radical (unpaired) electrons. The molecule has 7 heteroatoms. The first-order valence-electron chi connectivity index (χ1n) is 9.51. The predicted octanol–water partition coefficient (Wildman–Crippen LogP) is 5.14. The number of carbonyl (C=O) groups is 1. The molecule has 1 aromatic rings. The van der Waals surface area contributed by atoms with Crippen LogP contribution in [0.25, 0.3) is 0 Å². The smallest absolute Gasteiger partial charge is 0.330 e. The van der Waals surface area contributed by atoms with E-state index in [1.165, 1.54) is 0 Å². The zero-order valence-corrected chi connectivity index (χ0v) is 15.6. The fourth-order valence-electron chi connectivity index (χ4n) is 2.84. The first-order valence-corrected chi connectivity index (χ1v) is 9.51. The van der Waals surface area contributed by atoms with Crippen molar-refractivity contribution in [2.75, 3.05) is 6.61 Å². The molecule has 0 spiro atoms. The molecule has 1 aromatic carbocycles. The topological polar surface area (TPSA) is 46.5 Å². The van der Waals surface area contributed by atoms with E-state index in [2.05, 4.69) is 0 Å². The van der Waals surface area contributed by atoms with Gasteiger partial charge in [-0.3, -0.25) is 0 Å². The molecule has 3 nitrogen and oxygen atoms in total. The van der Waals surface area contributed by atoms with Crippen molar-refractivity contribution in [2.24, 2.45) is 11.8 Å². The van der Waals surface area contributed by atoms with E-state index in [-0.39, 0.29) is 6.61 Å². The van der Waals surface area contributed by atoms with Crippen LogP contribution < -0.4 is 0 Å². The number of esters is 1. The molecule has 2 saturated carbocycles. The number of halogens is 4. The number of hydrogen-bond donors (Lipinski definition) is 1. The Hall–Kier alpha value is -1.89. The molecular weight excluding hydrogens is 376 g/mol. The summed E-state index contributed by atoms with van der Waals surface area (Å²) in [6, 6.07) is 9.11. The zero-order chi connectivity index (χ0) is 20.6. The molecule has 1 N–H and O–H groups in total. The summed E-state index contributed by atoms with van der Waals surface area (Å²) < 4.78 is 56.6. The highest BCUT2D eigenvalue weighted by Gasteiger charge is 2.42. The molecule has 0 bridgehead atoms. The first-order chi connectivity index (χ1) is 13.2. The zero-order valence-electron chi connectivity index (χ0n) is 15.6. The maximum absolute atomic E-state index is 13.5. The Morgan fingerprint density at radius 3 is 2.04 bits per heavy atom. The van der Waals surface area contributed by atoms with E-state index in [9.17, 15) is 22.4 Å². The molecule has 0 saturated heterocycles. The van der Waals surface area contributed by atoms with Gasteiger partial charge in [-0.05, 0) is 37.3 Å². The van der Waals surface area contributed by atoms with Crippen LogP contribution in [0, 0.1) is 11.8 Å². The summed E-state index contributed by atoms with van der Waals surface area (Å²) in [5.41, 5.74) is 0.829. The van der Waals surface area contributed by atoms with Gasteiger partial charge in [0.25, 0.3) is 11.8 Å². The lowest BCUT2D eigenvalue weighted by molar-refractivity contribution is -0.139. The van der Waals surface area contributed by atoms with Gasteiger partial charge in [0, 0.05) is 17.9 Å². The van der Waals surface area contributed by atoms with Gasteiger partial charge in [-0.1, -0.05) is 43.2 Å². The Morgan fingerprint density at radius 2 is 1.61 bits per heavy atom. The summed E-state index contributed by atoms with van der Waals surface area (Å²) in [5, 5.41) is 8.18. The van der Waals surface area contributed by atoms with Gasteiger partial charge in [-0.15, -0.1) is 0 Å². The molecule has 2 aliphatic carbocycles. The minimum atomic E-state index is -2.90. The van der Waals surface area contributed by atoms with Crippen molar-refractivity contribution in [1.29, 1.82) is 0 Å². The number of benzene rings is 1. The van der Waals surface area contributed by atoms with Crippen molar-refractivity contribution < 1.29 is 32.2 Å². The average Bonchev–Trinajstić information content (AvgIpc) is 2.56. The fraction of sp³-hybridized carbons (Fsp3) is 0.571. The molecular formula is C21H26F4O3. The third-order valence-electron chi connectivity index (χ3n) is 5.23. The van der Waals surface area contributed by atoms with Gasteiger partial charge in [0.15, 0.2) is 0 Å². The minimum absolute atomic E-state index is 0.0962. The normalized spacial score (nSPS) is 18.0. The molecule has 28 heavy (non-hydrogen) atoms. The highest BCUT2D eigenvalue weighted by molar-refractivity contribution is 5.82. The number of carbonyl (C=O) groups excluding carboxylic acids is 1. The lowest BCUT2D eigenvalue weighted by Crippen LogP contribution is -2.36. The van der Waals surface area contributed by atoms with Gasteiger partial charge in [-0.25, -0.2) is 22.4 Å². The van der Waals surface area contributed by atoms with Crippen LogP contribution in [0.15, 0.2) is 42.5 Å². The van der Waals surface area contributed by atoms with Crippen molar-refractivity contribution in [3.8, 4) is 0 Å². The second kappa shape index (κ2) is 10.0. The van der Waals surface area contributed by atoms with Gasteiger partial charge in [0.05, 0.1) is 0 Å². The molecule has 0 amide bonds. The Balaban J connectivity index is 0.000000261. The van der Waals surface area contributed by atoms with E-state index in [0.29, 0.717) is 31.8 Å². The Labute approximate surface area is 162 Å². The standard InChI is InChI=1S/C15H16F2O2.C6H10F2O/c16-15(17,13-7-4-8-13)10-9-14(18)19-11-12-5-2-1-3-6-12;7-6(8,4-9)5-2-1-3-5/h1-3,5-6,9-10,13H,4,7-8,11H2;5,9H,1-4H2/b10-9+;. The molecule has 0 heterocycles. The largest absolute Gasteiger partial charge is 0.458 e. The van der Waals surface area contributed by atoms with Crippen LogP contribution in [0.2, 0.25) is 0 Å². The summed E-state index contributed by atoms with van der Waals surface area (Å²) in [6.07, 6.45) is 5.44. The molecule has 3 rings (SSSR count). The van der Waals surface area contributed by atoms with Crippen LogP contribution in [0.5, 0.6) is 0 Å². The number of aliphatic hydroxyl groups excluding tert-OH is 1. The molecule has 0 aromatic heterocycles. The number of ether oxygens (including phenoxy) is 1. The van der Waals surface area contributed by atoms with Gasteiger partial charge in [0.2, 0.25) is 0 Å². The Kier molecular flexibility index (Phi) is 8.04. The van der Waals surface area contributed by atoms with Crippen LogP contribution in [0.1, 0.15) is 44.1 Å². The Morgan fingerprint density at radius 1 is 1.04 bits per heavy atom. The summed E-state index contributed by atoms with van der Waals surface area (Å²) in [4.78, 5) is 11.3. The second-order valence-corrected chi connectivity index (χ2v) is 7.28. The van der Waals surface area contributed by atoms with Gasteiger partial charge in [0.1, 0.15) is 13.2 Å². The van der Waals surface area contributed by atoms with Crippen LogP contribution in [0.3, 0.4) is 0 Å². The number of hydrogen-bond acceptors (Lipinski definition) is 3. The SMILES string of the molecule is O=C(/C=C/C(F)(F)C1CCC1)OCc1ccccc1.OCC(F)(F)C1CCC1. The molecule has 2 fully saturated rings. The average molecular weight is 402 g/mol. The molecule has 0 atom stereocenters. The summed E-state index contributed by atoms with van der Waals surface area (Å²) in [7, 11) is 0. The number of alkyl halides is 4. The van der Waals surface area contributed by atoms with Crippen molar-refractivity contribution in [3.05, 3.63) is 48.0 Å². The second-order valence-electron chi connectivity index (χ2n) is 7.28. The maximum atomic E-state index is 13.5. The van der Waals surface area contributed by atoms with Crippen LogP contribution in [0.4, 0.5) is 17.6 Å². The third kappa shape index (κ3) is 6.62. The van der Waals surface area contributed by atoms with Crippen molar-refractivity contribution in [2.45, 2.75) is 57.0 Å². The molecule has 0 aliphatic heterocycles. The van der Waals surface area contributed by atoms with Crippen molar-refractivity contribution in [1.82, 2.24) is 0 Å². The van der Waals surface area contributed by atoms with Gasteiger partial charge < -0.3 is 9.84 Å². The Bertz CT molecular complexity index is 638. The first kappa shape index (κ1) is 22.4. The van der Waals surface area contributed by atoms with E-state index in [1.807, 2.05) is 18.2 Å². The lowest BCUT2D eigenvalue weighted by Gasteiger charge is -2.31. The van der Waals surface area contributed by atoms with Gasteiger partial charge >= 0.3 is 5.97 Å². The van der Waals surface area contributed by atoms with Gasteiger partial charge in [-0.2, -0.15) is 0 Å². The highest BCUT2D eigenvalue weighted by Crippen LogP contribution is 2.41. The number of allylic oxidation sites excluding steroid dienone is 1. The number of rotatable bonds is 7. The highest BCUT2D eigenvalue weighted by atomic mass is 19.3. The van der Waals surface area contributed by atoms with Crippen LogP contribution in [-0.4, -0.2) is 29.5 Å². The van der Waals surface area contributed by atoms with E-state index < -0.39 is 36.3 Å². The molecule has 156 valence electrons. The number of aliphatic hydroxyl groups is 1. The molecule has 0 unspecified atom stereocenters. The summed E-state index contributed by atoms with van der Waals surface area (Å²) >= 11 is 0. The summed E-state index contributed by atoms with van der Waals surface area (Å²) in [5.74, 6) is -7.60. The van der Waals surface area contributed by atoms with Crippen molar-refractivity contribution >= 4 is 5.97 Å². The minimum Gasteiger partial charge on any atom is -0.458 e. The van der Waals surface area contributed by atoms with E-state index in [4.69, 9.17) is 9.84 Å². The van der Waals surface area contributed by atoms with Crippen molar-refractivity contribution in [3.63, 3.8) is 0 Å². The van der Waals surface area contributed by atoms with E-state index >= 15 is 0 Å². The van der Waals surface area contributed by atoms with Crippen LogP contribution >= 0.6 is 0 Å². The maximum Gasteiger partial charge on any atom is 0.330 e. The fourth-order valence-corrected chi connectivity index (χ4v) is 2.84.